The highest BCUT2D eigenvalue weighted by atomic mass is 16.7. The van der Waals surface area contributed by atoms with Crippen molar-refractivity contribution in [2.75, 3.05) is 47.4 Å². The predicted octanol–water partition coefficient (Wildman–Crippen LogP) is 2.18. The number of aliphatic hydroxyl groups is 2. The van der Waals surface area contributed by atoms with Crippen LogP contribution < -0.4 is 16.0 Å². The number of rotatable bonds is 13. The number of hydrogen-bond acceptors (Lipinski definition) is 9. The van der Waals surface area contributed by atoms with Crippen molar-refractivity contribution in [2.45, 2.75) is 122 Å². The Bertz CT molecular complexity index is 1180. The van der Waals surface area contributed by atoms with E-state index < -0.39 is 24.2 Å². The molecule has 0 aromatic rings. The SMILES string of the molecule is COC1C(CN2O[C@@H](CO)[C@@H]([C@H](C)O)[C@H]2C(=O)N[C@H]2C[C@H]3C[C@@H]([C@@H]2C)C3(C)C)CCCC1C1CC(C(=O)NCCNC(C)=O)CC(N(C)C)C1. The van der Waals surface area contributed by atoms with Crippen molar-refractivity contribution in [3.8, 4) is 0 Å². The minimum absolute atomic E-state index is 0.0416. The number of carbonyl (C=O) groups is 3. The Morgan fingerprint density at radius 1 is 1.04 bits per heavy atom. The van der Waals surface area contributed by atoms with E-state index in [1.54, 1.807) is 19.1 Å². The van der Waals surface area contributed by atoms with E-state index >= 15 is 0 Å². The van der Waals surface area contributed by atoms with Crippen LogP contribution in [0.3, 0.4) is 0 Å². The van der Waals surface area contributed by atoms with E-state index in [9.17, 15) is 24.6 Å². The van der Waals surface area contributed by atoms with Crippen LogP contribution in [0.2, 0.25) is 0 Å². The molecule has 0 aromatic carbocycles. The number of nitrogens with one attached hydrogen (secondary N) is 3. The first kappa shape index (κ1) is 39.4. The molecule has 6 unspecified atom stereocenters. The average Bonchev–Trinajstić information content (AvgIpc) is 3.45. The van der Waals surface area contributed by atoms with Crippen LogP contribution in [0.25, 0.3) is 0 Å². The monoisotopic (exact) mass is 706 g/mol. The molecule has 1 heterocycles. The van der Waals surface area contributed by atoms with Crippen LogP contribution >= 0.6 is 0 Å². The van der Waals surface area contributed by atoms with E-state index in [1.165, 1.54) is 13.3 Å². The molecule has 2 bridgehead atoms. The van der Waals surface area contributed by atoms with Gasteiger partial charge in [-0.05, 0) is 101 Å². The first-order valence-electron chi connectivity index (χ1n) is 19.4. The molecule has 12 nitrogen and oxygen atoms in total. The van der Waals surface area contributed by atoms with Crippen molar-refractivity contribution in [1.29, 1.82) is 0 Å². The van der Waals surface area contributed by atoms with Crippen LogP contribution in [0.5, 0.6) is 0 Å². The maximum Gasteiger partial charge on any atom is 0.240 e. The maximum atomic E-state index is 14.2. The van der Waals surface area contributed by atoms with Gasteiger partial charge in [-0.1, -0.05) is 27.2 Å². The lowest BCUT2D eigenvalue weighted by Gasteiger charge is -2.62. The molecule has 12 heteroatoms. The lowest BCUT2D eigenvalue weighted by atomic mass is 9.45. The Hall–Kier alpha value is -1.83. The third kappa shape index (κ3) is 8.20. The maximum absolute atomic E-state index is 14.2. The minimum Gasteiger partial charge on any atom is -0.394 e. The van der Waals surface area contributed by atoms with Gasteiger partial charge in [-0.15, -0.1) is 0 Å². The molecule has 286 valence electrons. The van der Waals surface area contributed by atoms with Crippen LogP contribution in [0.1, 0.15) is 86.0 Å². The summed E-state index contributed by atoms with van der Waals surface area (Å²) in [6, 6.07) is -0.369. The Labute approximate surface area is 300 Å². The van der Waals surface area contributed by atoms with E-state index in [0.29, 0.717) is 42.8 Å². The lowest BCUT2D eigenvalue weighted by Crippen LogP contribution is -2.62. The van der Waals surface area contributed by atoms with Gasteiger partial charge >= 0.3 is 0 Å². The number of hydroxylamine groups is 2. The number of carbonyl (C=O) groups excluding carboxylic acids is 3. The Balaban J connectivity index is 1.29. The molecule has 0 spiro atoms. The van der Waals surface area contributed by atoms with Gasteiger partial charge in [-0.25, -0.2) is 0 Å². The second kappa shape index (κ2) is 16.5. The lowest BCUT2D eigenvalue weighted by molar-refractivity contribution is -0.193. The van der Waals surface area contributed by atoms with E-state index in [1.807, 2.05) is 0 Å². The zero-order valence-electron chi connectivity index (χ0n) is 31.9. The fourth-order valence-electron chi connectivity index (χ4n) is 11.0. The highest BCUT2D eigenvalue weighted by molar-refractivity contribution is 5.83. The van der Waals surface area contributed by atoms with Crippen molar-refractivity contribution in [3.63, 3.8) is 0 Å². The zero-order chi connectivity index (χ0) is 36.5. The van der Waals surface area contributed by atoms with Crippen molar-refractivity contribution < 1.29 is 34.2 Å². The van der Waals surface area contributed by atoms with Crippen LogP contribution in [-0.2, 0) is 24.0 Å². The molecular formula is C38H67N5O7. The minimum atomic E-state index is -0.840. The second-order valence-corrected chi connectivity index (χ2v) is 17.4. The van der Waals surface area contributed by atoms with Crippen molar-refractivity contribution >= 4 is 17.7 Å². The summed E-state index contributed by atoms with van der Waals surface area (Å²) in [6.45, 7) is 11.1. The van der Waals surface area contributed by atoms with E-state index in [2.05, 4.69) is 55.7 Å². The molecule has 0 radical (unpaired) electrons. The van der Waals surface area contributed by atoms with Crippen molar-refractivity contribution in [2.24, 2.45) is 52.8 Å². The summed E-state index contributed by atoms with van der Waals surface area (Å²) in [4.78, 5) is 47.5. The molecule has 0 aromatic heterocycles. The van der Waals surface area contributed by atoms with Crippen LogP contribution in [0.15, 0.2) is 0 Å². The van der Waals surface area contributed by atoms with Gasteiger partial charge in [0.05, 0.1) is 18.8 Å². The van der Waals surface area contributed by atoms with Crippen molar-refractivity contribution in [3.05, 3.63) is 0 Å². The first-order valence-corrected chi connectivity index (χ1v) is 19.4. The fourth-order valence-corrected chi connectivity index (χ4v) is 11.0. The highest BCUT2D eigenvalue weighted by Crippen LogP contribution is 2.61. The van der Waals surface area contributed by atoms with Crippen LogP contribution in [0, 0.1) is 52.8 Å². The van der Waals surface area contributed by atoms with Gasteiger partial charge < -0.3 is 35.8 Å². The molecule has 5 saturated carbocycles. The summed E-state index contributed by atoms with van der Waals surface area (Å²) < 4.78 is 6.33. The number of nitrogens with zero attached hydrogens (tertiary/aromatic N) is 2. The van der Waals surface area contributed by atoms with Gasteiger partial charge in [-0.3, -0.25) is 19.2 Å². The van der Waals surface area contributed by atoms with Crippen LogP contribution in [0.4, 0.5) is 0 Å². The number of hydrogen-bond donors (Lipinski definition) is 5. The molecule has 3 amide bonds. The second-order valence-electron chi connectivity index (χ2n) is 17.4. The number of aliphatic hydroxyl groups excluding tert-OH is 2. The van der Waals surface area contributed by atoms with Gasteiger partial charge in [0.1, 0.15) is 12.1 Å². The highest BCUT2D eigenvalue weighted by Gasteiger charge is 2.58. The number of ether oxygens (including phenoxy) is 1. The average molecular weight is 706 g/mol. The van der Waals surface area contributed by atoms with Gasteiger partial charge in [0.15, 0.2) is 0 Å². The first-order chi connectivity index (χ1) is 23.7. The molecule has 5 aliphatic carbocycles. The topological polar surface area (TPSA) is 153 Å². The smallest absolute Gasteiger partial charge is 0.240 e. The number of methoxy groups -OCH3 is 1. The fraction of sp³-hybridized carbons (Fsp3) is 0.921. The number of fused-ring (bicyclic) bond motifs is 2. The van der Waals surface area contributed by atoms with E-state index in [-0.39, 0.29) is 66.2 Å². The molecule has 14 atom stereocenters. The summed E-state index contributed by atoms with van der Waals surface area (Å²) in [5, 5.41) is 32.2. The van der Waals surface area contributed by atoms with Gasteiger partial charge in [0, 0.05) is 63.5 Å². The standard InChI is InChI=1S/C38H67N5O7/c1-21-30-17-27(38(30,4)5)18-31(21)41-37(48)34-33(22(2)45)32(20-44)50-43(34)19-24-10-9-11-29(35(24)49-8)25-14-26(16-28(15-25)42(6)7)36(47)40-13-12-39-23(3)46/h21-22,24-35,44-45H,9-20H2,1-8H3,(H,39,46)(H,40,47)(H,41,48)/t21-,22-,24?,25?,26?,27+,28?,29?,30-,31-,32-,33+,34-,35?/m0/s1. The molecule has 1 aliphatic heterocycles. The number of amides is 3. The Morgan fingerprint density at radius 2 is 1.76 bits per heavy atom. The van der Waals surface area contributed by atoms with Gasteiger partial charge in [0.25, 0.3) is 0 Å². The van der Waals surface area contributed by atoms with Gasteiger partial charge in [0.2, 0.25) is 17.7 Å². The molecule has 6 rings (SSSR count). The molecule has 6 fully saturated rings. The third-order valence-corrected chi connectivity index (χ3v) is 14.0. The molecule has 1 saturated heterocycles. The molecule has 5 N–H and O–H groups in total. The van der Waals surface area contributed by atoms with Gasteiger partial charge in [-0.2, -0.15) is 5.06 Å². The van der Waals surface area contributed by atoms with Crippen molar-refractivity contribution in [1.82, 2.24) is 25.9 Å². The Kier molecular flexibility index (Phi) is 13.0. The molecule has 50 heavy (non-hydrogen) atoms. The van der Waals surface area contributed by atoms with E-state index in [4.69, 9.17) is 9.57 Å². The quantitative estimate of drug-likeness (QED) is 0.182. The summed E-state index contributed by atoms with van der Waals surface area (Å²) in [5.74, 6) is 1.28. The summed E-state index contributed by atoms with van der Waals surface area (Å²) >= 11 is 0. The summed E-state index contributed by atoms with van der Waals surface area (Å²) in [7, 11) is 5.94. The predicted molar refractivity (Wildman–Crippen MR) is 190 cm³/mol. The van der Waals surface area contributed by atoms with E-state index in [0.717, 1.165) is 44.9 Å². The normalized spacial score (nSPS) is 40.5. The third-order valence-electron chi connectivity index (χ3n) is 14.0. The largest absolute Gasteiger partial charge is 0.394 e. The Morgan fingerprint density at radius 3 is 2.36 bits per heavy atom. The summed E-state index contributed by atoms with van der Waals surface area (Å²) in [5.41, 5.74) is 0.308. The van der Waals surface area contributed by atoms with Crippen LogP contribution in [-0.4, -0.2) is 122 Å². The molecular weight excluding hydrogens is 638 g/mol. The molecule has 6 aliphatic rings. The summed E-state index contributed by atoms with van der Waals surface area (Å²) in [6.07, 6.45) is 6.10. The zero-order valence-corrected chi connectivity index (χ0v) is 31.9.